The summed E-state index contributed by atoms with van der Waals surface area (Å²) < 4.78 is 31.0. The lowest BCUT2D eigenvalue weighted by Gasteiger charge is -2.26. The lowest BCUT2D eigenvalue weighted by atomic mass is 10.1. The Morgan fingerprint density at radius 1 is 1.40 bits per heavy atom. The third-order valence-electron chi connectivity index (χ3n) is 3.37. The van der Waals surface area contributed by atoms with Crippen molar-refractivity contribution in [3.63, 3.8) is 0 Å². The first-order chi connectivity index (χ1) is 9.23. The maximum Gasteiger partial charge on any atom is 0.161 e. The summed E-state index contributed by atoms with van der Waals surface area (Å²) in [5.74, 6) is 0.611. The molecule has 1 N–H and O–H groups in total. The van der Waals surface area contributed by atoms with Gasteiger partial charge in [-0.15, -0.1) is 0 Å². The summed E-state index contributed by atoms with van der Waals surface area (Å²) in [4.78, 5) is 0. The Bertz CT molecular complexity index is 537. The second-order valence-corrected chi connectivity index (χ2v) is 7.61. The summed E-state index contributed by atoms with van der Waals surface area (Å²) in [5.41, 5.74) is 0.780. The third kappa shape index (κ3) is 3.52. The highest BCUT2D eigenvalue weighted by Gasteiger charge is 2.32. The largest absolute Gasteiger partial charge is 0.493 e. The zero-order chi connectivity index (χ0) is 15.5. The first-order valence-corrected chi connectivity index (χ1v) is 8.73. The Kier molecular flexibility index (Phi) is 5.59. The fourth-order valence-corrected chi connectivity index (χ4v) is 2.89. The molecule has 1 heterocycles. The molecule has 1 aromatic rings. The zero-order valence-corrected chi connectivity index (χ0v) is 13.9. The highest BCUT2D eigenvalue weighted by atomic mass is 32.2. The van der Waals surface area contributed by atoms with Gasteiger partial charge in [-0.25, -0.2) is 8.42 Å². The standard InChI is InChI=1S/C13H25N3O3S/c1-7-14-12(10(4)20(6,17)18)13-11(19-5)8-15-16(13)9(2)3/h8-10,12,14H,7H2,1-6H3. The Balaban J connectivity index is 3.37. The molecular formula is C13H25N3O3S. The van der Waals surface area contributed by atoms with Crippen LogP contribution in [0.5, 0.6) is 5.75 Å². The van der Waals surface area contributed by atoms with E-state index in [1.165, 1.54) is 6.26 Å². The van der Waals surface area contributed by atoms with Gasteiger partial charge in [0.15, 0.2) is 15.6 Å². The number of ether oxygens (including phenoxy) is 1. The van der Waals surface area contributed by atoms with Crippen molar-refractivity contribution in [2.45, 2.75) is 45.0 Å². The highest BCUT2D eigenvalue weighted by Crippen LogP contribution is 2.31. The molecule has 2 atom stereocenters. The maximum atomic E-state index is 11.9. The number of hydrogen-bond donors (Lipinski definition) is 1. The molecule has 0 spiro atoms. The average Bonchev–Trinajstić information content (AvgIpc) is 2.77. The van der Waals surface area contributed by atoms with E-state index in [2.05, 4.69) is 10.4 Å². The van der Waals surface area contributed by atoms with Gasteiger partial charge in [0.1, 0.15) is 0 Å². The lowest BCUT2D eigenvalue weighted by Crippen LogP contribution is -2.37. The van der Waals surface area contributed by atoms with Crippen LogP contribution >= 0.6 is 0 Å². The molecule has 0 aliphatic rings. The summed E-state index contributed by atoms with van der Waals surface area (Å²) in [7, 11) is -1.61. The van der Waals surface area contributed by atoms with Crippen molar-refractivity contribution in [3.05, 3.63) is 11.9 Å². The van der Waals surface area contributed by atoms with Crippen LogP contribution in [-0.2, 0) is 9.84 Å². The summed E-state index contributed by atoms with van der Waals surface area (Å²) in [6, 6.07) is -0.225. The van der Waals surface area contributed by atoms with E-state index in [1.54, 1.807) is 20.2 Å². The number of aromatic nitrogens is 2. The van der Waals surface area contributed by atoms with E-state index < -0.39 is 15.1 Å². The molecule has 0 fully saturated rings. The van der Waals surface area contributed by atoms with E-state index in [9.17, 15) is 8.42 Å². The molecular weight excluding hydrogens is 278 g/mol. The van der Waals surface area contributed by atoms with Crippen LogP contribution in [0, 0.1) is 0 Å². The molecule has 0 radical (unpaired) electrons. The van der Waals surface area contributed by atoms with Crippen LogP contribution in [0.25, 0.3) is 0 Å². The summed E-state index contributed by atoms with van der Waals surface area (Å²) in [6.45, 7) is 8.33. The van der Waals surface area contributed by atoms with Crippen LogP contribution in [0.15, 0.2) is 6.20 Å². The van der Waals surface area contributed by atoms with Crippen molar-refractivity contribution in [1.82, 2.24) is 15.1 Å². The molecule has 1 rings (SSSR count). The zero-order valence-electron chi connectivity index (χ0n) is 13.0. The molecule has 0 aromatic carbocycles. The van der Waals surface area contributed by atoms with Gasteiger partial charge >= 0.3 is 0 Å². The molecule has 2 unspecified atom stereocenters. The molecule has 7 heteroatoms. The van der Waals surface area contributed by atoms with Crippen LogP contribution in [0.2, 0.25) is 0 Å². The van der Waals surface area contributed by atoms with E-state index in [-0.39, 0.29) is 12.1 Å². The first-order valence-electron chi connectivity index (χ1n) is 6.77. The molecule has 0 aliphatic heterocycles. The van der Waals surface area contributed by atoms with Gasteiger partial charge in [0, 0.05) is 12.3 Å². The predicted molar refractivity (Wildman–Crippen MR) is 79.9 cm³/mol. The predicted octanol–water partition coefficient (Wildman–Crippen LogP) is 1.56. The Morgan fingerprint density at radius 2 is 2.00 bits per heavy atom. The molecule has 0 saturated heterocycles. The smallest absolute Gasteiger partial charge is 0.161 e. The summed E-state index contributed by atoms with van der Waals surface area (Å²) in [5, 5.41) is 6.99. The molecule has 0 aliphatic carbocycles. The number of methoxy groups -OCH3 is 1. The number of nitrogens with one attached hydrogen (secondary N) is 1. The van der Waals surface area contributed by atoms with Gasteiger partial charge in [-0.05, 0) is 27.3 Å². The molecule has 0 bridgehead atoms. The lowest BCUT2D eigenvalue weighted by molar-refractivity contribution is 0.382. The average molecular weight is 303 g/mol. The second kappa shape index (κ2) is 6.58. The normalized spacial score (nSPS) is 15.3. The van der Waals surface area contributed by atoms with Crippen molar-refractivity contribution < 1.29 is 13.2 Å². The monoisotopic (exact) mass is 303 g/mol. The van der Waals surface area contributed by atoms with Crippen LogP contribution in [0.4, 0.5) is 0 Å². The van der Waals surface area contributed by atoms with E-state index >= 15 is 0 Å². The van der Waals surface area contributed by atoms with Gasteiger partial charge in [0.05, 0.1) is 30.3 Å². The SMILES string of the molecule is CCNC(c1c(OC)cnn1C(C)C)C(C)S(C)(=O)=O. The fraction of sp³-hybridized carbons (Fsp3) is 0.769. The van der Waals surface area contributed by atoms with Crippen LogP contribution in [0.3, 0.4) is 0 Å². The van der Waals surface area contributed by atoms with E-state index in [0.29, 0.717) is 12.3 Å². The molecule has 116 valence electrons. The number of nitrogens with zero attached hydrogens (tertiary/aromatic N) is 2. The van der Waals surface area contributed by atoms with Gasteiger partial charge in [-0.2, -0.15) is 5.10 Å². The quantitative estimate of drug-likeness (QED) is 0.827. The maximum absolute atomic E-state index is 11.9. The first kappa shape index (κ1) is 17.0. The van der Waals surface area contributed by atoms with Crippen LogP contribution in [-0.4, -0.2) is 43.4 Å². The molecule has 0 amide bonds. The summed E-state index contributed by atoms with van der Waals surface area (Å²) in [6.07, 6.45) is 2.89. The van der Waals surface area contributed by atoms with E-state index in [1.807, 2.05) is 25.5 Å². The van der Waals surface area contributed by atoms with E-state index in [0.717, 1.165) is 5.69 Å². The van der Waals surface area contributed by atoms with Gasteiger partial charge in [-0.3, -0.25) is 4.68 Å². The molecule has 1 aromatic heterocycles. The van der Waals surface area contributed by atoms with Gasteiger partial charge < -0.3 is 10.1 Å². The molecule has 6 nitrogen and oxygen atoms in total. The number of sulfone groups is 1. The molecule has 0 saturated carbocycles. The van der Waals surface area contributed by atoms with Gasteiger partial charge in [0.25, 0.3) is 0 Å². The van der Waals surface area contributed by atoms with Crippen molar-refractivity contribution in [3.8, 4) is 5.75 Å². The van der Waals surface area contributed by atoms with Crippen molar-refractivity contribution in [2.75, 3.05) is 19.9 Å². The third-order valence-corrected chi connectivity index (χ3v) is 4.99. The van der Waals surface area contributed by atoms with Gasteiger partial charge in [0.2, 0.25) is 0 Å². The van der Waals surface area contributed by atoms with Crippen molar-refractivity contribution in [1.29, 1.82) is 0 Å². The highest BCUT2D eigenvalue weighted by molar-refractivity contribution is 7.91. The summed E-state index contributed by atoms with van der Waals surface area (Å²) >= 11 is 0. The molecule has 20 heavy (non-hydrogen) atoms. The van der Waals surface area contributed by atoms with Crippen molar-refractivity contribution >= 4 is 9.84 Å². The minimum Gasteiger partial charge on any atom is -0.493 e. The fourth-order valence-electron chi connectivity index (χ4n) is 2.17. The topological polar surface area (TPSA) is 73.2 Å². The Hall–Kier alpha value is -1.08. The van der Waals surface area contributed by atoms with Crippen molar-refractivity contribution in [2.24, 2.45) is 0 Å². The minimum absolute atomic E-state index is 0.127. The van der Waals surface area contributed by atoms with Crippen LogP contribution in [0.1, 0.15) is 45.5 Å². The Morgan fingerprint density at radius 3 is 2.40 bits per heavy atom. The number of rotatable bonds is 7. The van der Waals surface area contributed by atoms with Gasteiger partial charge in [-0.1, -0.05) is 6.92 Å². The number of hydrogen-bond acceptors (Lipinski definition) is 5. The van der Waals surface area contributed by atoms with E-state index in [4.69, 9.17) is 4.74 Å². The van der Waals surface area contributed by atoms with Crippen LogP contribution < -0.4 is 10.1 Å². The Labute approximate surface area is 121 Å². The minimum atomic E-state index is -3.18. The second-order valence-electron chi connectivity index (χ2n) is 5.21.